The number of hydrogen-bond donors (Lipinski definition) is 1. The molecule has 0 unspecified atom stereocenters. The van der Waals surface area contributed by atoms with Gasteiger partial charge in [-0.05, 0) is 37.0 Å². The highest BCUT2D eigenvalue weighted by molar-refractivity contribution is 5.28. The van der Waals surface area contributed by atoms with E-state index in [1.54, 1.807) is 0 Å². The van der Waals surface area contributed by atoms with Crippen LogP contribution in [-0.4, -0.2) is 36.8 Å². The van der Waals surface area contributed by atoms with Crippen LogP contribution in [0.25, 0.3) is 0 Å². The predicted molar refractivity (Wildman–Crippen MR) is 75.1 cm³/mol. The second-order valence-corrected chi connectivity index (χ2v) is 5.37. The van der Waals surface area contributed by atoms with Gasteiger partial charge < -0.3 is 10.5 Å². The molecule has 0 aliphatic heterocycles. The number of hydrogen-bond acceptors (Lipinski definition) is 3. The summed E-state index contributed by atoms with van der Waals surface area (Å²) < 4.78 is 43.0. The van der Waals surface area contributed by atoms with Gasteiger partial charge in [0.25, 0.3) is 0 Å². The first kappa shape index (κ1) is 16.1. The van der Waals surface area contributed by atoms with Crippen molar-refractivity contribution in [3.63, 3.8) is 0 Å². The van der Waals surface area contributed by atoms with Crippen molar-refractivity contribution >= 4 is 0 Å². The molecule has 0 atom stereocenters. The highest BCUT2D eigenvalue weighted by Gasteiger charge is 2.37. The third-order valence-electron chi connectivity index (χ3n) is 3.44. The third kappa shape index (κ3) is 5.93. The fraction of sp³-hybridized carbons (Fsp3) is 0.600. The lowest BCUT2D eigenvalue weighted by Gasteiger charge is -2.23. The first-order valence-corrected chi connectivity index (χ1v) is 7.20. The predicted octanol–water partition coefficient (Wildman–Crippen LogP) is 2.94. The number of nitrogens with zero attached hydrogens (tertiary/aromatic N) is 1. The van der Waals surface area contributed by atoms with Gasteiger partial charge >= 0.3 is 6.18 Å². The van der Waals surface area contributed by atoms with Gasteiger partial charge in [-0.1, -0.05) is 12.1 Å². The zero-order valence-electron chi connectivity index (χ0n) is 11.9. The number of ether oxygens (including phenoxy) is 1. The van der Waals surface area contributed by atoms with E-state index in [-0.39, 0.29) is 6.04 Å². The lowest BCUT2D eigenvalue weighted by Crippen LogP contribution is -2.37. The number of rotatable bonds is 8. The molecule has 6 heteroatoms. The zero-order valence-corrected chi connectivity index (χ0v) is 11.9. The Kier molecular flexibility index (Phi) is 5.47. The Bertz CT molecular complexity index is 447. The quantitative estimate of drug-likeness (QED) is 0.750. The number of halogens is 3. The molecule has 0 radical (unpaired) electrons. The van der Waals surface area contributed by atoms with E-state index < -0.39 is 12.7 Å². The molecule has 1 aromatic rings. The summed E-state index contributed by atoms with van der Waals surface area (Å²) in [6, 6.07) is 7.55. The summed E-state index contributed by atoms with van der Waals surface area (Å²) in [7, 11) is 0. The minimum atomic E-state index is -4.13. The van der Waals surface area contributed by atoms with Gasteiger partial charge in [-0.2, -0.15) is 13.2 Å². The van der Waals surface area contributed by atoms with Crippen molar-refractivity contribution in [1.82, 2.24) is 4.90 Å². The summed E-state index contributed by atoms with van der Waals surface area (Å²) in [5.74, 6) is 0.715. The second-order valence-electron chi connectivity index (χ2n) is 5.37. The maximum absolute atomic E-state index is 12.5. The molecule has 118 valence electrons. The number of benzene rings is 1. The van der Waals surface area contributed by atoms with Gasteiger partial charge in [0.2, 0.25) is 0 Å². The van der Waals surface area contributed by atoms with E-state index in [4.69, 9.17) is 10.5 Å². The minimum absolute atomic E-state index is 0.104. The molecule has 2 N–H and O–H groups in total. The van der Waals surface area contributed by atoms with Gasteiger partial charge in [-0.25, -0.2) is 0 Å². The van der Waals surface area contributed by atoms with E-state index in [1.165, 1.54) is 4.90 Å². The van der Waals surface area contributed by atoms with Crippen molar-refractivity contribution in [2.24, 2.45) is 5.73 Å². The summed E-state index contributed by atoms with van der Waals surface area (Å²) in [4.78, 5) is 1.51. The molecule has 1 fully saturated rings. The molecule has 0 amide bonds. The first-order chi connectivity index (χ1) is 9.98. The van der Waals surface area contributed by atoms with Gasteiger partial charge in [0.1, 0.15) is 5.75 Å². The van der Waals surface area contributed by atoms with E-state index >= 15 is 0 Å². The largest absolute Gasteiger partial charge is 0.494 e. The lowest BCUT2D eigenvalue weighted by molar-refractivity contribution is -0.147. The molecule has 0 saturated heterocycles. The van der Waals surface area contributed by atoms with Crippen molar-refractivity contribution < 1.29 is 17.9 Å². The summed E-state index contributed by atoms with van der Waals surface area (Å²) in [6.07, 6.45) is -1.80. The molecule has 0 bridgehead atoms. The van der Waals surface area contributed by atoms with Crippen LogP contribution in [0.15, 0.2) is 24.3 Å². The Morgan fingerprint density at radius 3 is 2.67 bits per heavy atom. The van der Waals surface area contributed by atoms with E-state index in [1.807, 2.05) is 24.3 Å². The summed E-state index contributed by atoms with van der Waals surface area (Å²) >= 11 is 0. The Balaban J connectivity index is 1.72. The Morgan fingerprint density at radius 2 is 2.05 bits per heavy atom. The molecule has 0 heterocycles. The van der Waals surface area contributed by atoms with Gasteiger partial charge in [0, 0.05) is 19.1 Å². The molecule has 1 aliphatic carbocycles. The topological polar surface area (TPSA) is 38.5 Å². The van der Waals surface area contributed by atoms with Crippen LogP contribution in [0.5, 0.6) is 5.75 Å². The smallest absolute Gasteiger partial charge is 0.401 e. The van der Waals surface area contributed by atoms with Crippen LogP contribution in [0.4, 0.5) is 13.2 Å². The van der Waals surface area contributed by atoms with Crippen molar-refractivity contribution in [3.8, 4) is 5.75 Å². The summed E-state index contributed by atoms with van der Waals surface area (Å²) in [6.45, 7) is 0.453. The van der Waals surface area contributed by atoms with E-state index in [2.05, 4.69) is 0 Å². The van der Waals surface area contributed by atoms with E-state index in [9.17, 15) is 13.2 Å². The van der Waals surface area contributed by atoms with Crippen molar-refractivity contribution in [3.05, 3.63) is 29.8 Å². The highest BCUT2D eigenvalue weighted by atomic mass is 19.4. The lowest BCUT2D eigenvalue weighted by atomic mass is 10.2. The maximum Gasteiger partial charge on any atom is 0.401 e. The van der Waals surface area contributed by atoms with Crippen LogP contribution in [0.1, 0.15) is 24.8 Å². The SMILES string of the molecule is NCc1cccc(OCCCN(CC(F)(F)F)C2CC2)c1. The van der Waals surface area contributed by atoms with Crippen LogP contribution in [0, 0.1) is 0 Å². The summed E-state index contributed by atoms with van der Waals surface area (Å²) in [5, 5.41) is 0. The molecule has 1 saturated carbocycles. The Morgan fingerprint density at radius 1 is 1.29 bits per heavy atom. The van der Waals surface area contributed by atoms with Crippen LogP contribution in [-0.2, 0) is 6.54 Å². The van der Waals surface area contributed by atoms with Crippen molar-refractivity contribution in [2.45, 2.75) is 38.0 Å². The van der Waals surface area contributed by atoms with Gasteiger partial charge in [-0.15, -0.1) is 0 Å². The van der Waals surface area contributed by atoms with Gasteiger partial charge in [0.05, 0.1) is 13.2 Å². The average molecular weight is 302 g/mol. The monoisotopic (exact) mass is 302 g/mol. The third-order valence-corrected chi connectivity index (χ3v) is 3.44. The fourth-order valence-corrected chi connectivity index (χ4v) is 2.28. The Labute approximate surface area is 122 Å². The maximum atomic E-state index is 12.5. The number of nitrogens with two attached hydrogens (primary N) is 1. The van der Waals surface area contributed by atoms with Crippen LogP contribution < -0.4 is 10.5 Å². The first-order valence-electron chi connectivity index (χ1n) is 7.20. The molecule has 0 aromatic heterocycles. The van der Waals surface area contributed by atoms with E-state index in [0.29, 0.717) is 31.9 Å². The molecule has 0 spiro atoms. The summed E-state index contributed by atoms with van der Waals surface area (Å²) in [5.41, 5.74) is 6.52. The highest BCUT2D eigenvalue weighted by Crippen LogP contribution is 2.30. The van der Waals surface area contributed by atoms with Crippen molar-refractivity contribution in [2.75, 3.05) is 19.7 Å². The minimum Gasteiger partial charge on any atom is -0.494 e. The van der Waals surface area contributed by atoms with E-state index in [0.717, 1.165) is 18.4 Å². The molecule has 1 aromatic carbocycles. The average Bonchev–Trinajstić information content (AvgIpc) is 3.25. The fourth-order valence-electron chi connectivity index (χ4n) is 2.28. The zero-order chi connectivity index (χ0) is 15.3. The second kappa shape index (κ2) is 7.13. The van der Waals surface area contributed by atoms with Crippen LogP contribution >= 0.6 is 0 Å². The normalized spacial score (nSPS) is 15.5. The van der Waals surface area contributed by atoms with Crippen LogP contribution in [0.3, 0.4) is 0 Å². The van der Waals surface area contributed by atoms with Gasteiger partial charge in [-0.3, -0.25) is 4.90 Å². The Hall–Kier alpha value is -1.27. The van der Waals surface area contributed by atoms with Crippen molar-refractivity contribution in [1.29, 1.82) is 0 Å². The standard InChI is InChI=1S/C15H21F3N2O/c16-15(17,18)11-20(13-5-6-13)7-2-8-21-14-4-1-3-12(9-14)10-19/h1,3-4,9,13H,2,5-8,10-11,19H2. The molecular formula is C15H21F3N2O. The van der Waals surface area contributed by atoms with Crippen LogP contribution in [0.2, 0.25) is 0 Å². The molecule has 2 rings (SSSR count). The molecular weight excluding hydrogens is 281 g/mol. The van der Waals surface area contributed by atoms with Gasteiger partial charge in [0.15, 0.2) is 0 Å². The molecule has 3 nitrogen and oxygen atoms in total. The molecule has 21 heavy (non-hydrogen) atoms. The molecule has 1 aliphatic rings. The number of alkyl halides is 3.